The van der Waals surface area contributed by atoms with Gasteiger partial charge in [0.25, 0.3) is 0 Å². The van der Waals surface area contributed by atoms with Gasteiger partial charge in [0, 0.05) is 5.02 Å². The molecule has 0 saturated heterocycles. The summed E-state index contributed by atoms with van der Waals surface area (Å²) in [5.74, 6) is 0.874. The fourth-order valence-electron chi connectivity index (χ4n) is 1.92. The summed E-state index contributed by atoms with van der Waals surface area (Å²) < 4.78 is 5.63. The van der Waals surface area contributed by atoms with Crippen LogP contribution in [0.4, 0.5) is 0 Å². The second kappa shape index (κ2) is 8.62. The summed E-state index contributed by atoms with van der Waals surface area (Å²) in [7, 11) is 0. The Bertz CT molecular complexity index is 484. The van der Waals surface area contributed by atoms with Crippen molar-refractivity contribution in [2.45, 2.75) is 12.8 Å². The monoisotopic (exact) mass is 289 g/mol. The largest absolute Gasteiger partial charge is 0.494 e. The van der Waals surface area contributed by atoms with Crippen LogP contribution < -0.4 is 10.1 Å². The second-order valence-corrected chi connectivity index (χ2v) is 5.08. The highest BCUT2D eigenvalue weighted by molar-refractivity contribution is 6.30. The summed E-state index contributed by atoms with van der Waals surface area (Å²) >= 11 is 5.82. The van der Waals surface area contributed by atoms with Crippen molar-refractivity contribution in [1.82, 2.24) is 5.32 Å². The van der Waals surface area contributed by atoms with E-state index in [-0.39, 0.29) is 0 Å². The number of hydrogen-bond donors (Lipinski definition) is 1. The zero-order valence-corrected chi connectivity index (χ0v) is 12.3. The predicted molar refractivity (Wildman–Crippen MR) is 84.6 cm³/mol. The SMILES string of the molecule is Clc1ccc(OCCCNCCc2ccccc2)cc1. The number of benzene rings is 2. The number of halogens is 1. The third-order valence-electron chi connectivity index (χ3n) is 3.01. The minimum Gasteiger partial charge on any atom is -0.494 e. The predicted octanol–water partition coefficient (Wildman–Crippen LogP) is 3.94. The van der Waals surface area contributed by atoms with Crippen LogP contribution in [0.5, 0.6) is 5.75 Å². The van der Waals surface area contributed by atoms with Crippen LogP contribution in [0.15, 0.2) is 54.6 Å². The van der Waals surface area contributed by atoms with Crippen molar-refractivity contribution in [3.8, 4) is 5.75 Å². The molecule has 0 atom stereocenters. The van der Waals surface area contributed by atoms with Crippen molar-refractivity contribution < 1.29 is 4.74 Å². The second-order valence-electron chi connectivity index (χ2n) is 4.64. The standard InChI is InChI=1S/C17H20ClNO/c18-16-7-9-17(10-8-16)20-14-4-12-19-13-11-15-5-2-1-3-6-15/h1-3,5-10,19H,4,11-14H2. The van der Waals surface area contributed by atoms with E-state index in [1.165, 1.54) is 5.56 Å². The Morgan fingerprint density at radius 1 is 0.900 bits per heavy atom. The van der Waals surface area contributed by atoms with Crippen LogP contribution in [0.1, 0.15) is 12.0 Å². The van der Waals surface area contributed by atoms with E-state index < -0.39 is 0 Å². The van der Waals surface area contributed by atoms with Crippen LogP contribution in [0.3, 0.4) is 0 Å². The van der Waals surface area contributed by atoms with E-state index in [2.05, 4.69) is 29.6 Å². The molecule has 0 aliphatic carbocycles. The lowest BCUT2D eigenvalue weighted by molar-refractivity contribution is 0.308. The van der Waals surface area contributed by atoms with Gasteiger partial charge in [0.2, 0.25) is 0 Å². The van der Waals surface area contributed by atoms with Gasteiger partial charge < -0.3 is 10.1 Å². The van der Waals surface area contributed by atoms with Gasteiger partial charge in [-0.1, -0.05) is 41.9 Å². The molecule has 0 bridgehead atoms. The molecule has 0 aromatic heterocycles. The van der Waals surface area contributed by atoms with Gasteiger partial charge >= 0.3 is 0 Å². The van der Waals surface area contributed by atoms with Crippen molar-refractivity contribution in [2.24, 2.45) is 0 Å². The lowest BCUT2D eigenvalue weighted by atomic mass is 10.1. The van der Waals surface area contributed by atoms with Crippen molar-refractivity contribution in [3.63, 3.8) is 0 Å². The Kier molecular flexibility index (Phi) is 6.42. The first-order valence-electron chi connectivity index (χ1n) is 6.97. The normalized spacial score (nSPS) is 10.4. The highest BCUT2D eigenvalue weighted by Crippen LogP contribution is 2.15. The third kappa shape index (κ3) is 5.64. The molecule has 0 radical (unpaired) electrons. The van der Waals surface area contributed by atoms with Gasteiger partial charge in [-0.2, -0.15) is 0 Å². The van der Waals surface area contributed by atoms with Gasteiger partial charge in [0.1, 0.15) is 5.75 Å². The lowest BCUT2D eigenvalue weighted by Gasteiger charge is -2.07. The average molecular weight is 290 g/mol. The van der Waals surface area contributed by atoms with Crippen LogP contribution in [-0.2, 0) is 6.42 Å². The topological polar surface area (TPSA) is 21.3 Å². The fraction of sp³-hybridized carbons (Fsp3) is 0.294. The zero-order valence-electron chi connectivity index (χ0n) is 11.5. The number of ether oxygens (including phenoxy) is 1. The summed E-state index contributed by atoms with van der Waals surface area (Å²) in [6, 6.07) is 18.0. The highest BCUT2D eigenvalue weighted by Gasteiger charge is 1.95. The Balaban J connectivity index is 1.51. The first-order valence-corrected chi connectivity index (χ1v) is 7.35. The summed E-state index contributed by atoms with van der Waals surface area (Å²) in [5, 5.41) is 4.16. The first-order chi connectivity index (χ1) is 9.84. The van der Waals surface area contributed by atoms with Crippen LogP contribution in [0, 0.1) is 0 Å². The number of hydrogen-bond acceptors (Lipinski definition) is 2. The Morgan fingerprint density at radius 2 is 1.65 bits per heavy atom. The Hall–Kier alpha value is -1.51. The van der Waals surface area contributed by atoms with Crippen LogP contribution in [-0.4, -0.2) is 19.7 Å². The molecule has 0 heterocycles. The van der Waals surface area contributed by atoms with Gasteiger partial charge in [-0.05, 0) is 55.8 Å². The van der Waals surface area contributed by atoms with Crippen molar-refractivity contribution >= 4 is 11.6 Å². The molecule has 3 heteroatoms. The number of rotatable bonds is 8. The van der Waals surface area contributed by atoms with E-state index in [9.17, 15) is 0 Å². The molecule has 0 aliphatic heterocycles. The molecular formula is C17H20ClNO. The van der Waals surface area contributed by atoms with Crippen LogP contribution in [0.2, 0.25) is 5.02 Å². The quantitative estimate of drug-likeness (QED) is 0.743. The molecule has 0 aliphatic rings. The van der Waals surface area contributed by atoms with Crippen molar-refractivity contribution in [2.75, 3.05) is 19.7 Å². The summed E-state index contributed by atoms with van der Waals surface area (Å²) in [4.78, 5) is 0. The molecule has 2 nitrogen and oxygen atoms in total. The van der Waals surface area contributed by atoms with Gasteiger partial charge in [-0.15, -0.1) is 0 Å². The van der Waals surface area contributed by atoms with E-state index in [4.69, 9.17) is 16.3 Å². The molecule has 2 rings (SSSR count). The minimum atomic E-state index is 0.722. The summed E-state index contributed by atoms with van der Waals surface area (Å²) in [5.41, 5.74) is 1.37. The molecule has 0 fully saturated rings. The average Bonchev–Trinajstić information content (AvgIpc) is 2.49. The van der Waals surface area contributed by atoms with Gasteiger partial charge in [0.05, 0.1) is 6.61 Å². The Labute approximate surface area is 125 Å². The Morgan fingerprint density at radius 3 is 2.40 bits per heavy atom. The van der Waals surface area contributed by atoms with E-state index in [1.54, 1.807) is 0 Å². The highest BCUT2D eigenvalue weighted by atomic mass is 35.5. The van der Waals surface area contributed by atoms with Crippen molar-refractivity contribution in [3.05, 3.63) is 65.2 Å². The van der Waals surface area contributed by atoms with E-state index in [0.29, 0.717) is 0 Å². The van der Waals surface area contributed by atoms with Gasteiger partial charge in [0.15, 0.2) is 0 Å². The van der Waals surface area contributed by atoms with Crippen LogP contribution in [0.25, 0.3) is 0 Å². The molecule has 2 aromatic carbocycles. The molecule has 2 aromatic rings. The molecular weight excluding hydrogens is 270 g/mol. The minimum absolute atomic E-state index is 0.722. The third-order valence-corrected chi connectivity index (χ3v) is 3.27. The van der Waals surface area contributed by atoms with E-state index >= 15 is 0 Å². The first kappa shape index (κ1) is 14.9. The van der Waals surface area contributed by atoms with E-state index in [0.717, 1.165) is 43.3 Å². The zero-order chi connectivity index (χ0) is 14.0. The number of nitrogens with one attached hydrogen (secondary N) is 1. The molecule has 0 amide bonds. The molecule has 20 heavy (non-hydrogen) atoms. The smallest absolute Gasteiger partial charge is 0.119 e. The summed E-state index contributed by atoms with van der Waals surface area (Å²) in [6.45, 7) is 2.70. The maximum atomic E-state index is 5.82. The molecule has 1 N–H and O–H groups in total. The lowest BCUT2D eigenvalue weighted by Crippen LogP contribution is -2.20. The van der Waals surface area contributed by atoms with E-state index in [1.807, 2.05) is 30.3 Å². The molecule has 106 valence electrons. The molecule has 0 spiro atoms. The van der Waals surface area contributed by atoms with Gasteiger partial charge in [-0.25, -0.2) is 0 Å². The molecule has 0 saturated carbocycles. The fourth-order valence-corrected chi connectivity index (χ4v) is 2.05. The van der Waals surface area contributed by atoms with Gasteiger partial charge in [-0.3, -0.25) is 0 Å². The summed E-state index contributed by atoms with van der Waals surface area (Å²) in [6.07, 6.45) is 2.07. The maximum Gasteiger partial charge on any atom is 0.119 e. The van der Waals surface area contributed by atoms with Crippen molar-refractivity contribution in [1.29, 1.82) is 0 Å². The van der Waals surface area contributed by atoms with Crippen LogP contribution >= 0.6 is 11.6 Å². The molecule has 0 unspecified atom stereocenters. The maximum absolute atomic E-state index is 5.82.